The average molecular weight is 480 g/mol. The van der Waals surface area contributed by atoms with Gasteiger partial charge in [-0.2, -0.15) is 0 Å². The predicted octanol–water partition coefficient (Wildman–Crippen LogP) is 4.55. The minimum Gasteiger partial charge on any atom is -0.378 e. The van der Waals surface area contributed by atoms with Crippen LogP contribution in [0.3, 0.4) is 0 Å². The summed E-state index contributed by atoms with van der Waals surface area (Å²) in [6, 6.07) is 18.5. The molecule has 1 aliphatic heterocycles. The van der Waals surface area contributed by atoms with Gasteiger partial charge in [0.25, 0.3) is 0 Å². The molecule has 3 aromatic rings. The molecule has 1 fully saturated rings. The first-order chi connectivity index (χ1) is 16.6. The second kappa shape index (κ2) is 11.5. The maximum absolute atomic E-state index is 13.2. The Bertz CT molecular complexity index is 1060. The van der Waals surface area contributed by atoms with E-state index in [-0.39, 0.29) is 17.2 Å². The number of thioether (sulfide) groups is 1. The van der Waals surface area contributed by atoms with Crippen molar-refractivity contribution in [3.8, 4) is 5.69 Å². The lowest BCUT2D eigenvalue weighted by molar-refractivity contribution is -0.121. The summed E-state index contributed by atoms with van der Waals surface area (Å²) in [7, 11) is 0. The van der Waals surface area contributed by atoms with Gasteiger partial charge in [0.15, 0.2) is 5.16 Å². The number of hydrogen-bond acceptors (Lipinski definition) is 6. The molecule has 1 amide bonds. The molecule has 1 N–H and O–H groups in total. The van der Waals surface area contributed by atoms with E-state index in [1.807, 2.05) is 25.1 Å². The molecule has 0 radical (unpaired) electrons. The highest BCUT2D eigenvalue weighted by Crippen LogP contribution is 2.30. The maximum Gasteiger partial charge on any atom is 0.233 e. The summed E-state index contributed by atoms with van der Waals surface area (Å²) in [4.78, 5) is 15.4. The number of amides is 1. The first-order valence-electron chi connectivity index (χ1n) is 11.9. The van der Waals surface area contributed by atoms with E-state index in [4.69, 9.17) is 4.74 Å². The van der Waals surface area contributed by atoms with E-state index in [1.54, 1.807) is 0 Å². The van der Waals surface area contributed by atoms with E-state index in [0.717, 1.165) is 43.1 Å². The molecule has 2 atom stereocenters. The van der Waals surface area contributed by atoms with Crippen LogP contribution in [0.1, 0.15) is 43.9 Å². The van der Waals surface area contributed by atoms with Gasteiger partial charge in [-0.1, -0.05) is 73.1 Å². The Balaban J connectivity index is 1.55. The number of aryl methyl sites for hydroxylation is 1. The van der Waals surface area contributed by atoms with E-state index < -0.39 is 0 Å². The topological polar surface area (TPSA) is 72.3 Å². The van der Waals surface area contributed by atoms with E-state index in [9.17, 15) is 4.79 Å². The van der Waals surface area contributed by atoms with E-state index >= 15 is 0 Å². The molecule has 4 rings (SSSR count). The molecule has 1 saturated heterocycles. The van der Waals surface area contributed by atoms with Gasteiger partial charge < -0.3 is 15.0 Å². The van der Waals surface area contributed by atoms with Crippen molar-refractivity contribution in [3.63, 3.8) is 0 Å². The number of aromatic nitrogens is 3. The van der Waals surface area contributed by atoms with Crippen molar-refractivity contribution < 1.29 is 9.53 Å². The van der Waals surface area contributed by atoms with Crippen LogP contribution in [0.4, 0.5) is 5.95 Å². The molecule has 1 aromatic heterocycles. The van der Waals surface area contributed by atoms with Crippen molar-refractivity contribution in [2.45, 2.75) is 50.1 Å². The molecule has 1 aliphatic rings. The zero-order valence-corrected chi connectivity index (χ0v) is 20.9. The van der Waals surface area contributed by atoms with Gasteiger partial charge >= 0.3 is 0 Å². The lowest BCUT2D eigenvalue weighted by atomic mass is 10.0. The van der Waals surface area contributed by atoms with Crippen LogP contribution in [-0.2, 0) is 9.53 Å². The Hall–Kier alpha value is -2.84. The number of ether oxygens (including phenoxy) is 1. The molecule has 2 heterocycles. The summed E-state index contributed by atoms with van der Waals surface area (Å²) in [5, 5.41) is 12.6. The van der Waals surface area contributed by atoms with Gasteiger partial charge in [-0.15, -0.1) is 10.2 Å². The largest absolute Gasteiger partial charge is 0.378 e. The average Bonchev–Trinajstić information content (AvgIpc) is 3.28. The third-order valence-electron chi connectivity index (χ3n) is 5.95. The fourth-order valence-electron chi connectivity index (χ4n) is 4.02. The van der Waals surface area contributed by atoms with Gasteiger partial charge in [0.2, 0.25) is 11.9 Å². The molecule has 7 nitrogen and oxygen atoms in total. The van der Waals surface area contributed by atoms with Crippen LogP contribution in [-0.4, -0.2) is 52.2 Å². The van der Waals surface area contributed by atoms with Crippen molar-refractivity contribution in [1.82, 2.24) is 20.1 Å². The van der Waals surface area contributed by atoms with Gasteiger partial charge in [-0.25, -0.2) is 0 Å². The van der Waals surface area contributed by atoms with Crippen LogP contribution in [0.5, 0.6) is 0 Å². The minimum absolute atomic E-state index is 0.000583. The Kier molecular flexibility index (Phi) is 8.24. The zero-order valence-electron chi connectivity index (χ0n) is 20.1. The smallest absolute Gasteiger partial charge is 0.233 e. The summed E-state index contributed by atoms with van der Waals surface area (Å²) in [6.07, 6.45) is 1.89. The van der Waals surface area contributed by atoms with Crippen LogP contribution in [0.2, 0.25) is 0 Å². The highest BCUT2D eigenvalue weighted by Gasteiger charge is 2.26. The van der Waals surface area contributed by atoms with E-state index in [2.05, 4.69) is 75.2 Å². The number of carbonyl (C=O) groups is 1. The van der Waals surface area contributed by atoms with Crippen molar-refractivity contribution in [3.05, 3.63) is 65.7 Å². The van der Waals surface area contributed by atoms with Gasteiger partial charge in [0.05, 0.1) is 30.2 Å². The number of benzene rings is 2. The number of anilines is 1. The molecule has 2 aromatic carbocycles. The highest BCUT2D eigenvalue weighted by atomic mass is 32.2. The Morgan fingerprint density at radius 2 is 1.79 bits per heavy atom. The molecule has 2 unspecified atom stereocenters. The number of carbonyl (C=O) groups excluding carboxylic acids is 1. The van der Waals surface area contributed by atoms with E-state index in [0.29, 0.717) is 18.4 Å². The molecule has 0 spiro atoms. The zero-order chi connectivity index (χ0) is 23.9. The SMILES string of the molecule is CCCC(NC(=O)C(C)Sc1nnc(N2CCOCC2)n1-c1ccc(C)cc1)c1ccccc1. The molecule has 8 heteroatoms. The number of morpholine rings is 1. The standard InChI is InChI=1S/C26H33N5O2S/c1-4-8-23(21-9-6-5-7-10-21)27-24(32)20(3)34-26-29-28-25(30-15-17-33-18-16-30)31(26)22-13-11-19(2)12-14-22/h5-7,9-14,20,23H,4,8,15-18H2,1-3H3,(H,27,32). The quantitative estimate of drug-likeness (QED) is 0.454. The van der Waals surface area contributed by atoms with Crippen molar-refractivity contribution >= 4 is 23.6 Å². The van der Waals surface area contributed by atoms with Crippen molar-refractivity contribution in [1.29, 1.82) is 0 Å². The van der Waals surface area contributed by atoms with Crippen LogP contribution < -0.4 is 10.2 Å². The Morgan fingerprint density at radius 1 is 1.09 bits per heavy atom. The lowest BCUT2D eigenvalue weighted by Crippen LogP contribution is -2.38. The first-order valence-corrected chi connectivity index (χ1v) is 12.8. The second-order valence-electron chi connectivity index (χ2n) is 8.57. The summed E-state index contributed by atoms with van der Waals surface area (Å²) >= 11 is 1.44. The summed E-state index contributed by atoms with van der Waals surface area (Å²) in [6.45, 7) is 9.00. The number of rotatable bonds is 9. The highest BCUT2D eigenvalue weighted by molar-refractivity contribution is 8.00. The minimum atomic E-state index is -0.325. The van der Waals surface area contributed by atoms with Gasteiger partial charge in [0.1, 0.15) is 0 Å². The maximum atomic E-state index is 13.2. The molecule has 180 valence electrons. The third-order valence-corrected chi connectivity index (χ3v) is 6.99. The number of nitrogens with zero attached hydrogens (tertiary/aromatic N) is 4. The molecule has 0 bridgehead atoms. The normalized spacial score (nSPS) is 15.7. The lowest BCUT2D eigenvalue weighted by Gasteiger charge is -2.28. The van der Waals surface area contributed by atoms with Crippen molar-refractivity contribution in [2.75, 3.05) is 31.2 Å². The van der Waals surface area contributed by atoms with Crippen LogP contribution in [0, 0.1) is 6.92 Å². The summed E-state index contributed by atoms with van der Waals surface area (Å²) in [5.74, 6) is 0.786. The van der Waals surface area contributed by atoms with Crippen LogP contribution in [0.15, 0.2) is 59.8 Å². The monoisotopic (exact) mass is 479 g/mol. The number of nitrogens with one attached hydrogen (secondary N) is 1. The predicted molar refractivity (Wildman–Crippen MR) is 137 cm³/mol. The summed E-state index contributed by atoms with van der Waals surface area (Å²) < 4.78 is 7.58. The molecule has 34 heavy (non-hydrogen) atoms. The van der Waals surface area contributed by atoms with Crippen LogP contribution >= 0.6 is 11.8 Å². The molecular weight excluding hydrogens is 446 g/mol. The van der Waals surface area contributed by atoms with Crippen molar-refractivity contribution in [2.24, 2.45) is 0 Å². The Labute approximate surface area is 205 Å². The van der Waals surface area contributed by atoms with Gasteiger partial charge in [-0.3, -0.25) is 9.36 Å². The van der Waals surface area contributed by atoms with Crippen LogP contribution in [0.25, 0.3) is 5.69 Å². The first kappa shape index (κ1) is 24.3. The molecule has 0 aliphatic carbocycles. The fraction of sp³-hybridized carbons (Fsp3) is 0.423. The van der Waals surface area contributed by atoms with Gasteiger partial charge in [-0.05, 0) is 38.0 Å². The Morgan fingerprint density at radius 3 is 2.47 bits per heavy atom. The molecule has 0 saturated carbocycles. The third kappa shape index (κ3) is 5.80. The second-order valence-corrected chi connectivity index (χ2v) is 9.88. The number of hydrogen-bond donors (Lipinski definition) is 1. The van der Waals surface area contributed by atoms with Gasteiger partial charge in [0, 0.05) is 13.1 Å². The van der Waals surface area contributed by atoms with E-state index in [1.165, 1.54) is 17.3 Å². The molecular formula is C26H33N5O2S. The fourth-order valence-corrected chi connectivity index (χ4v) is 4.90. The summed E-state index contributed by atoms with van der Waals surface area (Å²) in [5.41, 5.74) is 3.31.